The average molecular weight is 274 g/mol. The first kappa shape index (κ1) is 12.5. The van der Waals surface area contributed by atoms with Crippen LogP contribution in [0.3, 0.4) is 0 Å². The number of fused-ring (bicyclic) bond motifs is 6. The summed E-state index contributed by atoms with van der Waals surface area (Å²) in [6, 6.07) is 0. The van der Waals surface area contributed by atoms with Gasteiger partial charge in [-0.3, -0.25) is 0 Å². The average Bonchev–Trinajstić information content (AvgIpc) is 2.94. The van der Waals surface area contributed by atoms with Gasteiger partial charge in [0.2, 0.25) is 0 Å². The van der Waals surface area contributed by atoms with E-state index in [1.165, 1.54) is 30.4 Å². The number of hydrogen-bond acceptors (Lipinski definition) is 3. The summed E-state index contributed by atoms with van der Waals surface area (Å²) in [5.74, 6) is 1.57. The molecule has 2 atom stereocenters. The van der Waals surface area contributed by atoms with Gasteiger partial charge in [-0.1, -0.05) is 12.8 Å². The topological polar surface area (TPSA) is 38.7 Å². The van der Waals surface area contributed by atoms with Gasteiger partial charge in [-0.05, 0) is 43.2 Å². The number of phenols is 1. The zero-order chi connectivity index (χ0) is 13.9. The van der Waals surface area contributed by atoms with E-state index in [9.17, 15) is 5.11 Å². The van der Waals surface area contributed by atoms with Gasteiger partial charge in [0.05, 0.1) is 7.11 Å². The molecule has 1 aromatic rings. The summed E-state index contributed by atoms with van der Waals surface area (Å²) < 4.78 is 11.5. The molecule has 1 fully saturated rings. The van der Waals surface area contributed by atoms with Gasteiger partial charge in [0, 0.05) is 24.2 Å². The van der Waals surface area contributed by atoms with E-state index in [0.29, 0.717) is 17.4 Å². The summed E-state index contributed by atoms with van der Waals surface area (Å²) in [5.41, 5.74) is 4.95. The fourth-order valence-corrected chi connectivity index (χ4v) is 4.92. The molecule has 0 amide bonds. The van der Waals surface area contributed by atoms with Crippen molar-refractivity contribution in [1.29, 1.82) is 0 Å². The summed E-state index contributed by atoms with van der Waals surface area (Å²) in [6.45, 7) is 0. The Morgan fingerprint density at radius 2 is 1.90 bits per heavy atom. The number of benzene rings is 1. The predicted molar refractivity (Wildman–Crippen MR) is 76.6 cm³/mol. The fraction of sp³-hybridized carbons (Fsp3) is 0.647. The first-order chi connectivity index (χ1) is 9.74. The van der Waals surface area contributed by atoms with E-state index in [1.54, 1.807) is 7.11 Å². The van der Waals surface area contributed by atoms with E-state index in [0.717, 1.165) is 36.8 Å². The maximum Gasteiger partial charge on any atom is 0.167 e. The molecule has 3 nitrogen and oxygen atoms in total. The Bertz CT molecular complexity index is 578. The molecule has 0 aromatic heterocycles. The molecular formula is C17H22O3. The molecule has 0 saturated heterocycles. The molecule has 0 heterocycles. The van der Waals surface area contributed by atoms with Crippen molar-refractivity contribution in [2.45, 2.75) is 56.5 Å². The van der Waals surface area contributed by atoms with Crippen molar-refractivity contribution in [3.8, 4) is 11.5 Å². The van der Waals surface area contributed by atoms with Crippen LogP contribution >= 0.6 is 0 Å². The van der Waals surface area contributed by atoms with E-state index in [4.69, 9.17) is 9.47 Å². The minimum Gasteiger partial charge on any atom is -0.504 e. The highest BCUT2D eigenvalue weighted by Crippen LogP contribution is 2.66. The fourth-order valence-electron chi connectivity index (χ4n) is 4.92. The smallest absolute Gasteiger partial charge is 0.167 e. The van der Waals surface area contributed by atoms with Crippen molar-refractivity contribution in [1.82, 2.24) is 0 Å². The Morgan fingerprint density at radius 3 is 2.65 bits per heavy atom. The molecule has 3 aliphatic carbocycles. The monoisotopic (exact) mass is 274 g/mol. The van der Waals surface area contributed by atoms with Crippen LogP contribution in [-0.4, -0.2) is 19.3 Å². The first-order valence-corrected chi connectivity index (χ1v) is 7.74. The SMILES string of the molecule is COc1c(O)c2c(c3c1C1(OC)CCCCC31)CCC2. The first-order valence-electron chi connectivity index (χ1n) is 7.74. The molecule has 0 spiro atoms. The third-order valence-electron chi connectivity index (χ3n) is 5.73. The molecule has 1 aromatic carbocycles. The number of hydrogen-bond donors (Lipinski definition) is 1. The predicted octanol–water partition coefficient (Wildman–Crippen LogP) is 3.40. The second kappa shape index (κ2) is 4.14. The van der Waals surface area contributed by atoms with Gasteiger partial charge >= 0.3 is 0 Å². The molecule has 4 rings (SSSR count). The number of methoxy groups -OCH3 is 2. The summed E-state index contributed by atoms with van der Waals surface area (Å²) in [5, 5.41) is 10.6. The van der Waals surface area contributed by atoms with Gasteiger partial charge in [-0.2, -0.15) is 0 Å². The molecular weight excluding hydrogens is 252 g/mol. The Morgan fingerprint density at radius 1 is 1.10 bits per heavy atom. The number of aromatic hydroxyl groups is 1. The minimum absolute atomic E-state index is 0.200. The zero-order valence-corrected chi connectivity index (χ0v) is 12.3. The highest BCUT2D eigenvalue weighted by atomic mass is 16.5. The molecule has 1 saturated carbocycles. The second-order valence-corrected chi connectivity index (χ2v) is 6.37. The molecule has 1 N–H and O–H groups in total. The lowest BCUT2D eigenvalue weighted by molar-refractivity contribution is -0.0881. The summed E-state index contributed by atoms with van der Waals surface area (Å²) in [4.78, 5) is 0. The second-order valence-electron chi connectivity index (χ2n) is 6.37. The van der Waals surface area contributed by atoms with Gasteiger partial charge in [0.15, 0.2) is 11.5 Å². The highest BCUT2D eigenvalue weighted by Gasteiger charge is 2.57. The quantitative estimate of drug-likeness (QED) is 0.898. The molecule has 20 heavy (non-hydrogen) atoms. The number of phenolic OH excluding ortho intramolecular Hbond substituents is 1. The highest BCUT2D eigenvalue weighted by molar-refractivity contribution is 5.69. The third kappa shape index (κ3) is 1.25. The van der Waals surface area contributed by atoms with E-state index >= 15 is 0 Å². The third-order valence-corrected chi connectivity index (χ3v) is 5.73. The molecule has 0 radical (unpaired) electrons. The van der Waals surface area contributed by atoms with Crippen LogP contribution in [0, 0.1) is 0 Å². The summed E-state index contributed by atoms with van der Waals surface area (Å²) in [7, 11) is 3.47. The van der Waals surface area contributed by atoms with Crippen LogP contribution in [0.4, 0.5) is 0 Å². The maximum atomic E-state index is 10.6. The lowest BCUT2D eigenvalue weighted by atomic mass is 9.56. The van der Waals surface area contributed by atoms with Crippen LogP contribution < -0.4 is 4.74 Å². The largest absolute Gasteiger partial charge is 0.504 e. The number of ether oxygens (including phenoxy) is 2. The molecule has 2 unspecified atom stereocenters. The Hall–Kier alpha value is -1.22. The van der Waals surface area contributed by atoms with Crippen LogP contribution in [0.25, 0.3) is 0 Å². The number of rotatable bonds is 2. The summed E-state index contributed by atoms with van der Waals surface area (Å²) >= 11 is 0. The van der Waals surface area contributed by atoms with E-state index < -0.39 is 0 Å². The maximum absolute atomic E-state index is 10.6. The lowest BCUT2D eigenvalue weighted by Gasteiger charge is -2.54. The molecule has 3 heteroatoms. The van der Waals surface area contributed by atoms with E-state index in [2.05, 4.69) is 0 Å². The van der Waals surface area contributed by atoms with Crippen molar-refractivity contribution in [3.05, 3.63) is 22.3 Å². The van der Waals surface area contributed by atoms with Crippen molar-refractivity contribution in [2.24, 2.45) is 0 Å². The van der Waals surface area contributed by atoms with Crippen molar-refractivity contribution in [2.75, 3.05) is 14.2 Å². The Kier molecular flexibility index (Phi) is 2.59. The van der Waals surface area contributed by atoms with Crippen LogP contribution in [-0.2, 0) is 23.2 Å². The van der Waals surface area contributed by atoms with Crippen LogP contribution in [0.5, 0.6) is 11.5 Å². The summed E-state index contributed by atoms with van der Waals surface area (Å²) in [6.07, 6.45) is 7.98. The molecule has 3 aliphatic rings. The molecule has 108 valence electrons. The van der Waals surface area contributed by atoms with E-state index in [-0.39, 0.29) is 5.60 Å². The standard InChI is InChI=1S/C17H22O3/c1-19-16-14-13(10-6-5-7-11(10)15(16)18)12-8-3-4-9-17(12,14)20-2/h12,18H,3-9H2,1-2H3. The van der Waals surface area contributed by atoms with Crippen LogP contribution in [0.2, 0.25) is 0 Å². The minimum atomic E-state index is -0.200. The van der Waals surface area contributed by atoms with Gasteiger partial charge in [0.25, 0.3) is 0 Å². The Balaban J connectivity index is 2.00. The molecule has 0 aliphatic heterocycles. The van der Waals surface area contributed by atoms with Gasteiger partial charge in [-0.15, -0.1) is 0 Å². The van der Waals surface area contributed by atoms with Crippen LogP contribution in [0.15, 0.2) is 0 Å². The lowest BCUT2D eigenvalue weighted by Crippen LogP contribution is -2.48. The van der Waals surface area contributed by atoms with Crippen LogP contribution in [0.1, 0.15) is 60.3 Å². The van der Waals surface area contributed by atoms with Crippen molar-refractivity contribution >= 4 is 0 Å². The normalized spacial score (nSPS) is 30.2. The van der Waals surface area contributed by atoms with Gasteiger partial charge in [0.1, 0.15) is 5.60 Å². The van der Waals surface area contributed by atoms with E-state index in [1.807, 2.05) is 7.11 Å². The van der Waals surface area contributed by atoms with Crippen molar-refractivity contribution in [3.63, 3.8) is 0 Å². The van der Waals surface area contributed by atoms with Gasteiger partial charge in [-0.25, -0.2) is 0 Å². The van der Waals surface area contributed by atoms with Crippen molar-refractivity contribution < 1.29 is 14.6 Å². The zero-order valence-electron chi connectivity index (χ0n) is 12.3. The Labute approximate surface area is 119 Å². The molecule has 0 bridgehead atoms. The van der Waals surface area contributed by atoms with Gasteiger partial charge < -0.3 is 14.6 Å².